The van der Waals surface area contributed by atoms with Crippen LogP contribution in [0.15, 0.2) is 24.8 Å². The van der Waals surface area contributed by atoms with Gasteiger partial charge in [-0.1, -0.05) is 0 Å². The van der Waals surface area contributed by atoms with E-state index in [1.165, 1.54) is 12.5 Å². The highest BCUT2D eigenvalue weighted by Gasteiger charge is 2.36. The second-order valence-electron chi connectivity index (χ2n) is 4.59. The Morgan fingerprint density at radius 3 is 2.62 bits per heavy atom. The van der Waals surface area contributed by atoms with Gasteiger partial charge in [0.2, 0.25) is 5.95 Å². The van der Waals surface area contributed by atoms with Crippen LogP contribution in [0.1, 0.15) is 18.4 Å². The summed E-state index contributed by atoms with van der Waals surface area (Å²) >= 11 is 0. The van der Waals surface area contributed by atoms with Crippen LogP contribution in [-0.2, 0) is 6.18 Å². The summed E-state index contributed by atoms with van der Waals surface area (Å²) in [4.78, 5) is 15.2. The molecular weight excluding hydrogens is 285 g/mol. The summed E-state index contributed by atoms with van der Waals surface area (Å²) in [6.07, 6.45) is 0.774. The smallest absolute Gasteiger partial charge is 0.367 e. The van der Waals surface area contributed by atoms with Crippen molar-refractivity contribution >= 4 is 17.6 Å². The largest absolute Gasteiger partial charge is 0.421 e. The summed E-state index contributed by atoms with van der Waals surface area (Å²) in [5.74, 6) is 0.239. The van der Waals surface area contributed by atoms with Crippen LogP contribution in [0.5, 0.6) is 0 Å². The molecule has 1 fully saturated rings. The fourth-order valence-electron chi connectivity index (χ4n) is 1.66. The van der Waals surface area contributed by atoms with Crippen molar-refractivity contribution in [2.75, 3.05) is 10.6 Å². The second kappa shape index (κ2) is 5.15. The van der Waals surface area contributed by atoms with Crippen LogP contribution in [0.3, 0.4) is 0 Å². The summed E-state index contributed by atoms with van der Waals surface area (Å²) in [7, 11) is 0. The first kappa shape index (κ1) is 13.5. The van der Waals surface area contributed by atoms with Gasteiger partial charge in [0.1, 0.15) is 23.5 Å². The molecule has 1 saturated carbocycles. The zero-order chi connectivity index (χ0) is 14.9. The third-order valence-corrected chi connectivity index (χ3v) is 2.83. The van der Waals surface area contributed by atoms with Crippen molar-refractivity contribution in [3.8, 4) is 0 Å². The van der Waals surface area contributed by atoms with Crippen LogP contribution in [0.4, 0.5) is 30.8 Å². The van der Waals surface area contributed by atoms with Crippen molar-refractivity contribution in [1.29, 1.82) is 0 Å². The molecule has 0 radical (unpaired) electrons. The van der Waals surface area contributed by atoms with Crippen molar-refractivity contribution in [3.63, 3.8) is 0 Å². The number of anilines is 3. The van der Waals surface area contributed by atoms with Gasteiger partial charge in [0.25, 0.3) is 0 Å². The number of aromatic nitrogens is 4. The second-order valence-corrected chi connectivity index (χ2v) is 4.59. The average molecular weight is 296 g/mol. The minimum Gasteiger partial charge on any atom is -0.367 e. The topological polar surface area (TPSA) is 75.6 Å². The summed E-state index contributed by atoms with van der Waals surface area (Å²) < 4.78 is 38.8. The Bertz CT molecular complexity index is 627. The Labute approximate surface area is 117 Å². The van der Waals surface area contributed by atoms with E-state index in [9.17, 15) is 13.2 Å². The minimum atomic E-state index is -4.50. The van der Waals surface area contributed by atoms with Crippen LogP contribution >= 0.6 is 0 Å². The number of hydrogen-bond acceptors (Lipinski definition) is 6. The van der Waals surface area contributed by atoms with Gasteiger partial charge in [-0.05, 0) is 18.9 Å². The van der Waals surface area contributed by atoms with E-state index < -0.39 is 11.7 Å². The molecule has 2 heterocycles. The highest BCUT2D eigenvalue weighted by molar-refractivity contribution is 5.54. The van der Waals surface area contributed by atoms with Crippen LogP contribution in [0, 0.1) is 0 Å². The van der Waals surface area contributed by atoms with Gasteiger partial charge in [-0.3, -0.25) is 0 Å². The number of rotatable bonds is 4. The predicted molar refractivity (Wildman–Crippen MR) is 69.0 cm³/mol. The molecule has 6 nitrogen and oxygen atoms in total. The Balaban J connectivity index is 1.88. The third kappa shape index (κ3) is 3.36. The molecular formula is C12H11F3N6. The van der Waals surface area contributed by atoms with Crippen LogP contribution in [-0.4, -0.2) is 26.0 Å². The van der Waals surface area contributed by atoms with Gasteiger partial charge >= 0.3 is 6.18 Å². The predicted octanol–water partition coefficient (Wildman–Crippen LogP) is 2.60. The first-order chi connectivity index (χ1) is 10.0. The minimum absolute atomic E-state index is 0.0462. The molecule has 0 bridgehead atoms. The van der Waals surface area contributed by atoms with Gasteiger partial charge in [-0.25, -0.2) is 15.0 Å². The highest BCUT2D eigenvalue weighted by atomic mass is 19.4. The van der Waals surface area contributed by atoms with E-state index in [1.54, 1.807) is 6.07 Å². The van der Waals surface area contributed by atoms with Crippen LogP contribution in [0.2, 0.25) is 0 Å². The standard InChI is InChI=1S/C12H11F3N6/c13-12(14,15)8-5-17-11(20-9-3-4-16-6-18-9)21-10(8)19-7-1-2-7/h3-7H,1-2H2,(H2,16,17,18,19,20,21). The summed E-state index contributed by atoms with van der Waals surface area (Å²) in [5.41, 5.74) is -0.873. The number of halogens is 3. The van der Waals surface area contributed by atoms with Crippen molar-refractivity contribution in [3.05, 3.63) is 30.4 Å². The molecule has 0 amide bonds. The molecule has 0 aromatic carbocycles. The average Bonchev–Trinajstić information content (AvgIpc) is 3.23. The van der Waals surface area contributed by atoms with Gasteiger partial charge in [-0.15, -0.1) is 0 Å². The van der Waals surface area contributed by atoms with Crippen LogP contribution < -0.4 is 10.6 Å². The molecule has 0 saturated heterocycles. The first-order valence-corrected chi connectivity index (χ1v) is 6.26. The molecule has 0 atom stereocenters. The number of nitrogens with zero attached hydrogens (tertiary/aromatic N) is 4. The number of alkyl halides is 3. The quantitative estimate of drug-likeness (QED) is 0.903. The summed E-state index contributed by atoms with van der Waals surface area (Å²) in [6.45, 7) is 0. The van der Waals surface area contributed by atoms with E-state index >= 15 is 0 Å². The van der Waals surface area contributed by atoms with Crippen molar-refractivity contribution in [2.45, 2.75) is 25.1 Å². The summed E-state index contributed by atoms with van der Waals surface area (Å²) in [5, 5.41) is 5.51. The fraction of sp³-hybridized carbons (Fsp3) is 0.333. The molecule has 0 aliphatic heterocycles. The van der Waals surface area contributed by atoms with Crippen molar-refractivity contribution in [2.24, 2.45) is 0 Å². The van der Waals surface area contributed by atoms with E-state index in [1.807, 2.05) is 0 Å². The van der Waals surface area contributed by atoms with Gasteiger partial charge < -0.3 is 10.6 Å². The van der Waals surface area contributed by atoms with Gasteiger partial charge in [-0.2, -0.15) is 18.2 Å². The number of nitrogens with one attached hydrogen (secondary N) is 2. The normalized spacial score (nSPS) is 14.8. The van der Waals surface area contributed by atoms with E-state index in [0.717, 1.165) is 19.0 Å². The van der Waals surface area contributed by atoms with E-state index in [4.69, 9.17) is 0 Å². The van der Waals surface area contributed by atoms with Gasteiger partial charge in [0, 0.05) is 18.4 Å². The Morgan fingerprint density at radius 2 is 2.00 bits per heavy atom. The lowest BCUT2D eigenvalue weighted by atomic mass is 10.3. The molecule has 2 N–H and O–H groups in total. The fourth-order valence-corrected chi connectivity index (χ4v) is 1.66. The lowest BCUT2D eigenvalue weighted by Gasteiger charge is -2.14. The first-order valence-electron chi connectivity index (χ1n) is 6.26. The molecule has 0 unspecified atom stereocenters. The van der Waals surface area contributed by atoms with E-state index in [2.05, 4.69) is 30.6 Å². The Kier molecular flexibility index (Phi) is 3.32. The molecule has 2 aromatic rings. The molecule has 2 aromatic heterocycles. The molecule has 0 spiro atoms. The number of hydrogen-bond donors (Lipinski definition) is 2. The van der Waals surface area contributed by atoms with Gasteiger partial charge in [0.15, 0.2) is 0 Å². The maximum Gasteiger partial charge on any atom is 0.421 e. The van der Waals surface area contributed by atoms with Crippen molar-refractivity contribution in [1.82, 2.24) is 19.9 Å². The maximum absolute atomic E-state index is 12.9. The summed E-state index contributed by atoms with van der Waals surface area (Å²) in [6, 6.07) is 1.61. The monoisotopic (exact) mass is 296 g/mol. The maximum atomic E-state index is 12.9. The third-order valence-electron chi connectivity index (χ3n) is 2.83. The van der Waals surface area contributed by atoms with Crippen molar-refractivity contribution < 1.29 is 13.2 Å². The molecule has 1 aliphatic rings. The molecule has 110 valence electrons. The Hall–Kier alpha value is -2.45. The van der Waals surface area contributed by atoms with E-state index in [-0.39, 0.29) is 17.8 Å². The van der Waals surface area contributed by atoms with Crippen LogP contribution in [0.25, 0.3) is 0 Å². The SMILES string of the molecule is FC(F)(F)c1cnc(Nc2ccncn2)nc1NC1CC1. The molecule has 3 rings (SSSR count). The molecule has 1 aliphatic carbocycles. The van der Waals surface area contributed by atoms with E-state index in [0.29, 0.717) is 5.82 Å². The lowest BCUT2D eigenvalue weighted by molar-refractivity contribution is -0.137. The zero-order valence-electron chi connectivity index (χ0n) is 10.7. The lowest BCUT2D eigenvalue weighted by Crippen LogP contribution is -2.15. The van der Waals surface area contributed by atoms with Gasteiger partial charge in [0.05, 0.1) is 0 Å². The molecule has 21 heavy (non-hydrogen) atoms. The molecule has 9 heteroatoms. The Morgan fingerprint density at radius 1 is 1.19 bits per heavy atom. The highest BCUT2D eigenvalue weighted by Crippen LogP contribution is 2.36. The zero-order valence-corrected chi connectivity index (χ0v) is 10.7.